The van der Waals surface area contributed by atoms with Gasteiger partial charge in [-0.3, -0.25) is 0 Å². The van der Waals surface area contributed by atoms with Crippen molar-refractivity contribution in [2.75, 3.05) is 0 Å². The van der Waals surface area contributed by atoms with Crippen molar-refractivity contribution in [3.63, 3.8) is 0 Å². The van der Waals surface area contributed by atoms with Crippen LogP contribution in [0.2, 0.25) is 0 Å². The van der Waals surface area contributed by atoms with Crippen LogP contribution in [-0.2, 0) is 6.42 Å². The molecule has 0 atom stereocenters. The summed E-state index contributed by atoms with van der Waals surface area (Å²) in [6.45, 7) is 9.06. The first-order valence-electron chi connectivity index (χ1n) is 4.55. The molecule has 1 heterocycles. The fraction of sp³-hybridized carbons (Fsp3) is 0.636. The molecule has 1 aromatic heterocycles. The van der Waals surface area contributed by atoms with E-state index in [1.54, 1.807) is 6.26 Å². The van der Waals surface area contributed by atoms with Gasteiger partial charge in [-0.1, -0.05) is 27.7 Å². The molecule has 1 heteroatoms. The highest BCUT2D eigenvalue weighted by Crippen LogP contribution is 2.30. The SMILES string of the molecule is CC(C)C(C)(C)Cc1ccco1. The maximum absolute atomic E-state index is 5.32. The molecule has 0 bridgehead atoms. The molecule has 0 saturated carbocycles. The molecule has 0 aliphatic carbocycles. The summed E-state index contributed by atoms with van der Waals surface area (Å²) in [7, 11) is 0. The Kier molecular flexibility index (Phi) is 2.61. The Morgan fingerprint density at radius 1 is 1.42 bits per heavy atom. The molecule has 0 amide bonds. The zero-order chi connectivity index (χ0) is 9.19. The van der Waals surface area contributed by atoms with E-state index in [2.05, 4.69) is 27.7 Å². The lowest BCUT2D eigenvalue weighted by atomic mass is 9.78. The van der Waals surface area contributed by atoms with Crippen LogP contribution in [0.15, 0.2) is 22.8 Å². The van der Waals surface area contributed by atoms with E-state index >= 15 is 0 Å². The third kappa shape index (κ3) is 2.13. The summed E-state index contributed by atoms with van der Waals surface area (Å²) in [5, 5.41) is 0. The number of rotatable bonds is 3. The maximum atomic E-state index is 5.32. The van der Waals surface area contributed by atoms with E-state index < -0.39 is 0 Å². The summed E-state index contributed by atoms with van der Waals surface area (Å²) < 4.78 is 5.32. The van der Waals surface area contributed by atoms with Gasteiger partial charge in [0.2, 0.25) is 0 Å². The smallest absolute Gasteiger partial charge is 0.104 e. The molecule has 1 nitrogen and oxygen atoms in total. The highest BCUT2D eigenvalue weighted by Gasteiger charge is 2.23. The molecule has 12 heavy (non-hydrogen) atoms. The Hall–Kier alpha value is -0.720. The van der Waals surface area contributed by atoms with Gasteiger partial charge in [-0.25, -0.2) is 0 Å². The van der Waals surface area contributed by atoms with Crippen LogP contribution in [0.1, 0.15) is 33.5 Å². The summed E-state index contributed by atoms with van der Waals surface area (Å²) in [5.41, 5.74) is 0.331. The minimum Gasteiger partial charge on any atom is -0.469 e. The number of furan rings is 1. The molecule has 0 saturated heterocycles. The fourth-order valence-corrected chi connectivity index (χ4v) is 1.07. The van der Waals surface area contributed by atoms with Crippen molar-refractivity contribution in [2.24, 2.45) is 11.3 Å². The predicted octanol–water partition coefficient (Wildman–Crippen LogP) is 3.50. The normalized spacial score (nSPS) is 12.4. The fourth-order valence-electron chi connectivity index (χ4n) is 1.07. The Balaban J connectivity index is 2.62. The summed E-state index contributed by atoms with van der Waals surface area (Å²) >= 11 is 0. The van der Waals surface area contributed by atoms with Gasteiger partial charge in [0.15, 0.2) is 0 Å². The first-order valence-corrected chi connectivity index (χ1v) is 4.55. The zero-order valence-corrected chi connectivity index (χ0v) is 8.42. The lowest BCUT2D eigenvalue weighted by molar-refractivity contribution is 0.231. The third-order valence-corrected chi connectivity index (χ3v) is 2.77. The predicted molar refractivity (Wildman–Crippen MR) is 51.0 cm³/mol. The average molecular weight is 166 g/mol. The minimum absolute atomic E-state index is 0.331. The summed E-state index contributed by atoms with van der Waals surface area (Å²) in [6, 6.07) is 4.00. The first-order chi connectivity index (χ1) is 5.52. The van der Waals surface area contributed by atoms with Crippen molar-refractivity contribution in [1.29, 1.82) is 0 Å². The van der Waals surface area contributed by atoms with Gasteiger partial charge in [-0.05, 0) is 23.5 Å². The van der Waals surface area contributed by atoms with E-state index in [-0.39, 0.29) is 0 Å². The van der Waals surface area contributed by atoms with E-state index in [1.165, 1.54) is 0 Å². The molecule has 0 aromatic carbocycles. The van der Waals surface area contributed by atoms with Gasteiger partial charge in [0.25, 0.3) is 0 Å². The second-order valence-corrected chi connectivity index (χ2v) is 4.40. The van der Waals surface area contributed by atoms with Crippen LogP contribution in [-0.4, -0.2) is 0 Å². The van der Waals surface area contributed by atoms with Crippen LogP contribution in [0.3, 0.4) is 0 Å². The van der Waals surface area contributed by atoms with Gasteiger partial charge < -0.3 is 4.42 Å². The molecule has 0 aliphatic heterocycles. The maximum Gasteiger partial charge on any atom is 0.104 e. The van der Waals surface area contributed by atoms with E-state index in [4.69, 9.17) is 4.42 Å². The van der Waals surface area contributed by atoms with Gasteiger partial charge in [0, 0.05) is 6.42 Å². The molecule has 68 valence electrons. The molecule has 0 radical (unpaired) electrons. The van der Waals surface area contributed by atoms with Crippen LogP contribution >= 0.6 is 0 Å². The van der Waals surface area contributed by atoms with Gasteiger partial charge in [-0.15, -0.1) is 0 Å². The van der Waals surface area contributed by atoms with Crippen LogP contribution in [0.5, 0.6) is 0 Å². The Labute approximate surface area is 74.8 Å². The molecule has 0 fully saturated rings. The first kappa shape index (κ1) is 9.37. The summed E-state index contributed by atoms with van der Waals surface area (Å²) in [4.78, 5) is 0. The average Bonchev–Trinajstić information content (AvgIpc) is 2.38. The van der Waals surface area contributed by atoms with Crippen molar-refractivity contribution in [3.05, 3.63) is 24.2 Å². The highest BCUT2D eigenvalue weighted by molar-refractivity contribution is 5.01. The Morgan fingerprint density at radius 3 is 2.50 bits per heavy atom. The van der Waals surface area contributed by atoms with Gasteiger partial charge >= 0.3 is 0 Å². The van der Waals surface area contributed by atoms with Gasteiger partial charge in [0.1, 0.15) is 5.76 Å². The lowest BCUT2D eigenvalue weighted by Gasteiger charge is -2.27. The van der Waals surface area contributed by atoms with Crippen molar-refractivity contribution >= 4 is 0 Å². The lowest BCUT2D eigenvalue weighted by Crippen LogP contribution is -2.21. The molecule has 1 rings (SSSR count). The standard InChI is InChI=1S/C11H18O/c1-9(2)11(3,4)8-10-6-5-7-12-10/h5-7,9H,8H2,1-4H3. The van der Waals surface area contributed by atoms with Gasteiger partial charge in [0.05, 0.1) is 6.26 Å². The molecular formula is C11H18O. The Morgan fingerprint density at radius 2 is 2.08 bits per heavy atom. The number of hydrogen-bond acceptors (Lipinski definition) is 1. The summed E-state index contributed by atoms with van der Waals surface area (Å²) in [5.74, 6) is 1.77. The van der Waals surface area contributed by atoms with E-state index in [1.807, 2.05) is 12.1 Å². The monoisotopic (exact) mass is 166 g/mol. The van der Waals surface area contributed by atoms with Crippen LogP contribution in [0.4, 0.5) is 0 Å². The van der Waals surface area contributed by atoms with Crippen molar-refractivity contribution in [2.45, 2.75) is 34.1 Å². The summed E-state index contributed by atoms with van der Waals surface area (Å²) in [6.07, 6.45) is 2.77. The second kappa shape index (κ2) is 3.34. The third-order valence-electron chi connectivity index (χ3n) is 2.77. The molecular weight excluding hydrogens is 148 g/mol. The van der Waals surface area contributed by atoms with Crippen molar-refractivity contribution in [1.82, 2.24) is 0 Å². The van der Waals surface area contributed by atoms with Crippen LogP contribution < -0.4 is 0 Å². The second-order valence-electron chi connectivity index (χ2n) is 4.40. The highest BCUT2D eigenvalue weighted by atomic mass is 16.3. The molecule has 0 N–H and O–H groups in total. The van der Waals surface area contributed by atoms with Gasteiger partial charge in [-0.2, -0.15) is 0 Å². The van der Waals surface area contributed by atoms with Crippen molar-refractivity contribution in [3.8, 4) is 0 Å². The molecule has 0 aliphatic rings. The Bertz CT molecular complexity index is 219. The largest absolute Gasteiger partial charge is 0.469 e. The van der Waals surface area contributed by atoms with Crippen LogP contribution in [0.25, 0.3) is 0 Å². The van der Waals surface area contributed by atoms with Crippen LogP contribution in [0, 0.1) is 11.3 Å². The van der Waals surface area contributed by atoms with E-state index in [0.29, 0.717) is 11.3 Å². The van der Waals surface area contributed by atoms with Crippen molar-refractivity contribution < 1.29 is 4.42 Å². The topological polar surface area (TPSA) is 13.1 Å². The molecule has 0 spiro atoms. The number of hydrogen-bond donors (Lipinski definition) is 0. The molecule has 1 aromatic rings. The quantitative estimate of drug-likeness (QED) is 0.669. The molecule has 0 unspecified atom stereocenters. The van der Waals surface area contributed by atoms with E-state index in [9.17, 15) is 0 Å². The van der Waals surface area contributed by atoms with E-state index in [0.717, 1.165) is 12.2 Å². The zero-order valence-electron chi connectivity index (χ0n) is 8.42. The minimum atomic E-state index is 0.331.